The van der Waals surface area contributed by atoms with Crippen molar-refractivity contribution in [3.8, 4) is 0 Å². The molecule has 0 bridgehead atoms. The maximum absolute atomic E-state index is 12.8. The van der Waals surface area contributed by atoms with Crippen LogP contribution in [0.3, 0.4) is 0 Å². The van der Waals surface area contributed by atoms with Crippen molar-refractivity contribution in [2.45, 2.75) is 242 Å². The number of carbonyl (C=O) groups is 4. The SMILES string of the molecule is CC(=O)N[C@H]1[C@H](OC[C@H]2OC(O)[C@H](NC(C)=O)[C@@H](O[C@@H]3O[C@H](CO)[C@H](O)[C@H](O[C@@H]4O[C@H](CO)[C@@H](O[C@@H]5O[C@H](CO)[C@H](O)[C@H](O[C@@H]6O[C@H](CO)[C@@H](O)[C@H](O)[C@H]6NC(C)=O)[C@H]5O)[C@H](O)[C@H]4NC(C)=O)[C@H]3O)[C@H]2O)O[C@H](CO)[C@@H](O[C@@H]2O[C@H](CO)[C@H](O)[C@H](O)[C@H]2O)[C@@H]1O. The van der Waals surface area contributed by atoms with Crippen molar-refractivity contribution in [3.05, 3.63) is 0 Å². The van der Waals surface area contributed by atoms with Gasteiger partial charge in [0.05, 0.1) is 46.2 Å². The fourth-order valence-electron chi connectivity index (χ4n) is 11.5. The first-order valence-corrected chi connectivity index (χ1v) is 28.6. The second-order valence-electron chi connectivity index (χ2n) is 22.5. The van der Waals surface area contributed by atoms with Crippen molar-refractivity contribution in [2.75, 3.05) is 46.2 Å². The quantitative estimate of drug-likeness (QED) is 0.0452. The van der Waals surface area contributed by atoms with Crippen molar-refractivity contribution in [2.24, 2.45) is 0 Å². The summed E-state index contributed by atoms with van der Waals surface area (Å²) in [6, 6.07) is -6.88. The van der Waals surface area contributed by atoms with Gasteiger partial charge in [-0.3, -0.25) is 19.2 Å². The molecule has 7 saturated heterocycles. The van der Waals surface area contributed by atoms with Crippen LogP contribution in [0.15, 0.2) is 0 Å². The number of aliphatic hydroxyl groups excluding tert-OH is 19. The number of hydrogen-bond donors (Lipinski definition) is 23. The van der Waals surface area contributed by atoms with E-state index >= 15 is 0 Å². The third kappa shape index (κ3) is 16.4. The molecule has 7 heterocycles. The first kappa shape index (κ1) is 74.0. The average molecular weight is 1320 g/mol. The summed E-state index contributed by atoms with van der Waals surface area (Å²) in [7, 11) is 0. The third-order valence-corrected chi connectivity index (χ3v) is 16.1. The van der Waals surface area contributed by atoms with Gasteiger partial charge in [-0.15, -0.1) is 0 Å². The number of amides is 4. The molecule has 0 radical (unpaired) electrons. The Bertz CT molecular complexity index is 2310. The Balaban J connectivity index is 1.08. The second-order valence-corrected chi connectivity index (χ2v) is 22.5. The smallest absolute Gasteiger partial charge is 0.217 e. The van der Waals surface area contributed by atoms with Gasteiger partial charge in [0.25, 0.3) is 0 Å². The Kier molecular flexibility index (Phi) is 26.6. The molecule has 7 aliphatic heterocycles. The predicted octanol–water partition coefficient (Wildman–Crippen LogP) is -15.7. The van der Waals surface area contributed by atoms with Crippen LogP contribution in [-0.4, -0.2) is 382 Å². The van der Waals surface area contributed by atoms with Crippen LogP contribution in [0.25, 0.3) is 0 Å². The molecule has 0 saturated carbocycles. The topological polar surface area (TPSA) is 621 Å². The van der Waals surface area contributed by atoms with E-state index in [2.05, 4.69) is 21.3 Å². The number of ether oxygens (including phenoxy) is 13. The molecule has 7 aliphatic rings. The van der Waals surface area contributed by atoms with E-state index in [9.17, 15) is 116 Å². The van der Waals surface area contributed by atoms with E-state index in [1.165, 1.54) is 0 Å². The first-order valence-electron chi connectivity index (χ1n) is 28.6. The second kappa shape index (κ2) is 32.4. The summed E-state index contributed by atoms with van der Waals surface area (Å²) in [5.74, 6) is -3.31. The zero-order chi connectivity index (χ0) is 66.5. The van der Waals surface area contributed by atoms with E-state index in [1.54, 1.807) is 0 Å². The monoisotopic (exact) mass is 1320 g/mol. The molecule has 40 nitrogen and oxygen atoms in total. The van der Waals surface area contributed by atoms with Gasteiger partial charge in [-0.25, -0.2) is 0 Å². The van der Waals surface area contributed by atoms with E-state index in [1.807, 2.05) is 0 Å². The number of nitrogens with one attached hydrogen (secondary N) is 4. The highest BCUT2D eigenvalue weighted by Gasteiger charge is 2.59. The van der Waals surface area contributed by atoms with E-state index < -0.39 is 285 Å². The van der Waals surface area contributed by atoms with Gasteiger partial charge in [0, 0.05) is 27.7 Å². The maximum Gasteiger partial charge on any atom is 0.217 e. The lowest BCUT2D eigenvalue weighted by atomic mass is 9.93. The molecule has 35 atom stereocenters. The summed E-state index contributed by atoms with van der Waals surface area (Å²) < 4.78 is 75.2. The van der Waals surface area contributed by atoms with E-state index in [0.717, 1.165) is 27.7 Å². The van der Waals surface area contributed by atoms with Gasteiger partial charge in [0.2, 0.25) is 23.6 Å². The van der Waals surface area contributed by atoms with E-state index in [4.69, 9.17) is 61.6 Å². The minimum Gasteiger partial charge on any atom is -0.394 e. The molecule has 0 aromatic heterocycles. The molecular weight excluding hydrogens is 1230 g/mol. The molecule has 7 rings (SSSR count). The lowest BCUT2D eigenvalue weighted by Gasteiger charge is -2.50. The molecule has 0 spiro atoms. The highest BCUT2D eigenvalue weighted by Crippen LogP contribution is 2.37. The van der Waals surface area contributed by atoms with Crippen LogP contribution in [-0.2, 0) is 80.8 Å². The van der Waals surface area contributed by atoms with Crippen molar-refractivity contribution in [1.29, 1.82) is 0 Å². The molecule has 520 valence electrons. The fraction of sp³-hybridized carbons (Fsp3) is 0.920. The van der Waals surface area contributed by atoms with Crippen LogP contribution in [0.4, 0.5) is 0 Å². The molecule has 0 aromatic carbocycles. The highest BCUT2D eigenvalue weighted by molar-refractivity contribution is 5.74. The minimum absolute atomic E-state index is 0.764. The Morgan fingerprint density at radius 2 is 0.589 bits per heavy atom. The predicted molar refractivity (Wildman–Crippen MR) is 278 cm³/mol. The van der Waals surface area contributed by atoms with Gasteiger partial charge in [-0.2, -0.15) is 0 Å². The van der Waals surface area contributed by atoms with Crippen LogP contribution < -0.4 is 21.3 Å². The normalized spacial score (nSPS) is 47.6. The summed E-state index contributed by atoms with van der Waals surface area (Å²) in [5.41, 5.74) is 0. The molecule has 4 amide bonds. The minimum atomic E-state index is -2.30. The van der Waals surface area contributed by atoms with Crippen molar-refractivity contribution < 1.29 is 178 Å². The Labute approximate surface area is 510 Å². The molecular formula is C50H84N4O36. The molecule has 1 unspecified atom stereocenters. The van der Waals surface area contributed by atoms with Gasteiger partial charge in [-0.05, 0) is 0 Å². The largest absolute Gasteiger partial charge is 0.394 e. The summed E-state index contributed by atoms with van der Waals surface area (Å²) in [5, 5.41) is 216. The lowest BCUT2D eigenvalue weighted by molar-refractivity contribution is -0.382. The summed E-state index contributed by atoms with van der Waals surface area (Å²) in [6.45, 7) is -2.73. The van der Waals surface area contributed by atoms with Crippen molar-refractivity contribution in [3.63, 3.8) is 0 Å². The van der Waals surface area contributed by atoms with Crippen LogP contribution >= 0.6 is 0 Å². The zero-order valence-electron chi connectivity index (χ0n) is 48.6. The number of rotatable bonds is 23. The van der Waals surface area contributed by atoms with Crippen LogP contribution in [0.1, 0.15) is 27.7 Å². The van der Waals surface area contributed by atoms with Crippen LogP contribution in [0.2, 0.25) is 0 Å². The Morgan fingerprint density at radius 1 is 0.289 bits per heavy atom. The highest BCUT2D eigenvalue weighted by atomic mass is 16.8. The Morgan fingerprint density at radius 3 is 1.00 bits per heavy atom. The van der Waals surface area contributed by atoms with Crippen LogP contribution in [0.5, 0.6) is 0 Å². The van der Waals surface area contributed by atoms with Crippen molar-refractivity contribution >= 4 is 23.6 Å². The molecule has 23 N–H and O–H groups in total. The standard InChI is InChI=1S/C50H84N4O36/c1-12(61)51-23-32(70)27(65)16(5-55)80-46(23)89-42-29(67)18(7-57)82-49(37(42)75)87-40-21(10-60)85-47(25(34(40)72)53-14(3)63)90-43-30(68)19(8-58)83-50(38(43)76)88-41-26(54-15(4)64)44(77)79-22(31(41)69)11-78-45-24(52-13(2)62)33(71)39(20(9-59)84-45)86-48-36(74)35(73)28(66)17(6-56)81-48/h16-50,55-60,65-77H,5-11H2,1-4H3,(H,51,61)(H,52,62)(H,53,63)(H,54,64)/t16-,17-,18-,19-,20-,21-,22-,23-,24-,25-,26-,27-,28+,29+,30+,31+,32-,33-,34-,35+,36-,37-,38-,39-,40-,41-,42+,43+,44?,45-,46+,47+,48+,49+,50+/m1/s1. The first-order chi connectivity index (χ1) is 42.5. The molecule has 0 aromatic rings. The van der Waals surface area contributed by atoms with Gasteiger partial charge >= 0.3 is 0 Å². The molecule has 0 aliphatic carbocycles. The third-order valence-electron chi connectivity index (χ3n) is 16.1. The van der Waals surface area contributed by atoms with Crippen molar-refractivity contribution in [1.82, 2.24) is 21.3 Å². The molecule has 90 heavy (non-hydrogen) atoms. The number of aliphatic hydroxyl groups is 19. The summed E-state index contributed by atoms with van der Waals surface area (Å²) in [4.78, 5) is 49.9. The van der Waals surface area contributed by atoms with Gasteiger partial charge in [0.15, 0.2) is 44.0 Å². The van der Waals surface area contributed by atoms with Gasteiger partial charge in [-0.1, -0.05) is 0 Å². The summed E-state index contributed by atoms with van der Waals surface area (Å²) >= 11 is 0. The van der Waals surface area contributed by atoms with Crippen LogP contribution in [0, 0.1) is 0 Å². The molecule has 40 heteroatoms. The Hall–Kier alpha value is -3.40. The molecule has 7 fully saturated rings. The fourth-order valence-corrected chi connectivity index (χ4v) is 11.5. The zero-order valence-corrected chi connectivity index (χ0v) is 48.6. The summed E-state index contributed by atoms with van der Waals surface area (Å²) in [6.07, 6.45) is -59.3. The number of hydrogen-bond acceptors (Lipinski definition) is 36. The average Bonchev–Trinajstić information content (AvgIpc) is 0.828. The lowest BCUT2D eigenvalue weighted by Crippen LogP contribution is -2.70. The van der Waals surface area contributed by atoms with E-state index in [-0.39, 0.29) is 0 Å². The maximum atomic E-state index is 12.8. The number of carbonyl (C=O) groups excluding carboxylic acids is 4. The van der Waals surface area contributed by atoms with E-state index in [0.29, 0.717) is 0 Å². The van der Waals surface area contributed by atoms with Gasteiger partial charge < -0.3 is 180 Å². The van der Waals surface area contributed by atoms with Gasteiger partial charge in [0.1, 0.15) is 171 Å².